The predicted molar refractivity (Wildman–Crippen MR) is 61.0 cm³/mol. The molecule has 3 nitrogen and oxygen atoms in total. The molecule has 2 N–H and O–H groups in total. The van der Waals surface area contributed by atoms with Gasteiger partial charge in [0.05, 0.1) is 20.3 Å². The first-order valence-corrected chi connectivity index (χ1v) is 5.59. The highest BCUT2D eigenvalue weighted by atomic mass is 16.5. The monoisotopic (exact) mass is 207 g/mol. The minimum atomic E-state index is 0.852. The minimum Gasteiger partial charge on any atom is -0.378 e. The van der Waals surface area contributed by atoms with E-state index < -0.39 is 0 Å². The molecule has 1 saturated heterocycles. The fourth-order valence-corrected chi connectivity index (χ4v) is 1.90. The van der Waals surface area contributed by atoms with Gasteiger partial charge < -0.3 is 15.0 Å². The van der Waals surface area contributed by atoms with Crippen LogP contribution in [0.25, 0.3) is 0 Å². The van der Waals surface area contributed by atoms with Gasteiger partial charge in [-0.05, 0) is 12.1 Å². The molecule has 0 saturated carbocycles. The van der Waals surface area contributed by atoms with Gasteiger partial charge in [-0.25, -0.2) is 0 Å². The summed E-state index contributed by atoms with van der Waals surface area (Å²) in [6, 6.07) is 8.85. The SMILES string of the molecule is C[NH2+]Cc1ccc(N2CCOCC2)cc1. The number of hydrogen-bond acceptors (Lipinski definition) is 2. The molecule has 1 fully saturated rings. The Morgan fingerprint density at radius 2 is 1.87 bits per heavy atom. The number of quaternary nitrogens is 1. The molecule has 3 heteroatoms. The van der Waals surface area contributed by atoms with Crippen molar-refractivity contribution in [2.24, 2.45) is 0 Å². The first kappa shape index (κ1) is 10.5. The molecule has 0 aliphatic carbocycles. The molecule has 0 amide bonds. The third-order valence-electron chi connectivity index (χ3n) is 2.75. The van der Waals surface area contributed by atoms with Gasteiger partial charge in [-0.15, -0.1) is 0 Å². The van der Waals surface area contributed by atoms with Crippen molar-refractivity contribution in [1.29, 1.82) is 0 Å². The molecule has 82 valence electrons. The van der Waals surface area contributed by atoms with E-state index in [1.165, 1.54) is 11.3 Å². The van der Waals surface area contributed by atoms with E-state index in [4.69, 9.17) is 4.74 Å². The van der Waals surface area contributed by atoms with Crippen LogP contribution in [0.4, 0.5) is 5.69 Å². The Kier molecular flexibility index (Phi) is 3.59. The van der Waals surface area contributed by atoms with Crippen LogP contribution >= 0.6 is 0 Å². The zero-order chi connectivity index (χ0) is 10.5. The van der Waals surface area contributed by atoms with E-state index in [-0.39, 0.29) is 0 Å². The second kappa shape index (κ2) is 5.14. The van der Waals surface area contributed by atoms with E-state index in [0.717, 1.165) is 32.8 Å². The number of rotatable bonds is 3. The number of nitrogens with two attached hydrogens (primary N) is 1. The van der Waals surface area contributed by atoms with Crippen molar-refractivity contribution >= 4 is 5.69 Å². The Hall–Kier alpha value is -1.06. The van der Waals surface area contributed by atoms with Crippen LogP contribution in [-0.4, -0.2) is 33.4 Å². The number of hydrogen-bond donors (Lipinski definition) is 1. The molecule has 1 aliphatic heterocycles. The highest BCUT2D eigenvalue weighted by molar-refractivity contribution is 5.47. The summed E-state index contributed by atoms with van der Waals surface area (Å²) in [5, 5.41) is 2.18. The van der Waals surface area contributed by atoms with Gasteiger partial charge in [-0.3, -0.25) is 0 Å². The van der Waals surface area contributed by atoms with Crippen LogP contribution in [0.1, 0.15) is 5.56 Å². The molecule has 0 spiro atoms. The van der Waals surface area contributed by atoms with E-state index in [0.29, 0.717) is 0 Å². The van der Waals surface area contributed by atoms with Crippen molar-refractivity contribution in [2.45, 2.75) is 6.54 Å². The van der Waals surface area contributed by atoms with E-state index in [1.807, 2.05) is 0 Å². The van der Waals surface area contributed by atoms with Crippen molar-refractivity contribution in [2.75, 3.05) is 38.3 Å². The van der Waals surface area contributed by atoms with Crippen LogP contribution in [0.3, 0.4) is 0 Å². The van der Waals surface area contributed by atoms with E-state index in [1.54, 1.807) is 0 Å². The Balaban J connectivity index is 2.02. The van der Waals surface area contributed by atoms with Crippen molar-refractivity contribution in [1.82, 2.24) is 0 Å². The second-order valence-electron chi connectivity index (χ2n) is 3.88. The first-order chi connectivity index (χ1) is 7.40. The van der Waals surface area contributed by atoms with Gasteiger partial charge >= 0.3 is 0 Å². The zero-order valence-electron chi connectivity index (χ0n) is 9.28. The third kappa shape index (κ3) is 2.70. The number of nitrogens with zero attached hydrogens (tertiary/aromatic N) is 1. The lowest BCUT2D eigenvalue weighted by atomic mass is 10.2. The molecule has 0 aromatic heterocycles. The lowest BCUT2D eigenvalue weighted by Gasteiger charge is -2.28. The average molecular weight is 207 g/mol. The maximum absolute atomic E-state index is 5.34. The molecule has 1 aliphatic rings. The summed E-state index contributed by atoms with van der Waals surface area (Å²) in [5.74, 6) is 0. The number of morpholine rings is 1. The smallest absolute Gasteiger partial charge is 0.101 e. The van der Waals surface area contributed by atoms with Crippen molar-refractivity contribution in [3.8, 4) is 0 Å². The Labute approximate surface area is 91.0 Å². The summed E-state index contributed by atoms with van der Waals surface area (Å²) in [6.45, 7) is 4.79. The van der Waals surface area contributed by atoms with Crippen LogP contribution in [0.2, 0.25) is 0 Å². The third-order valence-corrected chi connectivity index (χ3v) is 2.75. The normalized spacial score (nSPS) is 16.7. The van der Waals surface area contributed by atoms with Crippen LogP contribution in [0, 0.1) is 0 Å². The van der Waals surface area contributed by atoms with E-state index >= 15 is 0 Å². The molecular formula is C12H19N2O+. The summed E-state index contributed by atoms with van der Waals surface area (Å²) in [4.78, 5) is 2.38. The van der Waals surface area contributed by atoms with Gasteiger partial charge in [0.15, 0.2) is 0 Å². The molecule has 2 rings (SSSR count). The fraction of sp³-hybridized carbons (Fsp3) is 0.500. The van der Waals surface area contributed by atoms with Gasteiger partial charge in [0, 0.05) is 24.3 Å². The van der Waals surface area contributed by atoms with Gasteiger partial charge in [-0.2, -0.15) is 0 Å². The molecule has 1 aromatic rings. The molecule has 1 heterocycles. The van der Waals surface area contributed by atoms with Gasteiger partial charge in [0.1, 0.15) is 6.54 Å². The number of anilines is 1. The molecule has 1 aromatic carbocycles. The van der Waals surface area contributed by atoms with Crippen LogP contribution < -0.4 is 10.2 Å². The predicted octanol–water partition coefficient (Wildman–Crippen LogP) is 0.216. The maximum Gasteiger partial charge on any atom is 0.101 e. The average Bonchev–Trinajstić information content (AvgIpc) is 2.32. The van der Waals surface area contributed by atoms with Gasteiger partial charge in [-0.1, -0.05) is 12.1 Å². The lowest BCUT2D eigenvalue weighted by Crippen LogP contribution is -2.77. The standard InChI is InChI=1S/C12H18N2O/c1-13-10-11-2-4-12(5-3-11)14-6-8-15-9-7-14/h2-5,13H,6-10H2,1H3/p+1. The summed E-state index contributed by atoms with van der Waals surface area (Å²) < 4.78 is 5.34. The highest BCUT2D eigenvalue weighted by Crippen LogP contribution is 2.16. The molecule has 0 bridgehead atoms. The Bertz CT molecular complexity index is 291. The van der Waals surface area contributed by atoms with E-state index in [9.17, 15) is 0 Å². The fourth-order valence-electron chi connectivity index (χ4n) is 1.90. The van der Waals surface area contributed by atoms with Crippen molar-refractivity contribution < 1.29 is 10.1 Å². The summed E-state index contributed by atoms with van der Waals surface area (Å²) in [7, 11) is 2.09. The topological polar surface area (TPSA) is 29.1 Å². The Morgan fingerprint density at radius 1 is 1.20 bits per heavy atom. The van der Waals surface area contributed by atoms with Gasteiger partial charge in [0.2, 0.25) is 0 Å². The maximum atomic E-state index is 5.34. The largest absolute Gasteiger partial charge is 0.378 e. The Morgan fingerprint density at radius 3 is 2.47 bits per heavy atom. The second-order valence-corrected chi connectivity index (χ2v) is 3.88. The number of ether oxygens (including phenoxy) is 1. The van der Waals surface area contributed by atoms with Crippen molar-refractivity contribution in [3.63, 3.8) is 0 Å². The quantitative estimate of drug-likeness (QED) is 0.768. The van der Waals surface area contributed by atoms with Crippen LogP contribution in [0.15, 0.2) is 24.3 Å². The highest BCUT2D eigenvalue weighted by Gasteiger charge is 2.10. The minimum absolute atomic E-state index is 0.852. The first-order valence-electron chi connectivity index (χ1n) is 5.59. The molecular weight excluding hydrogens is 188 g/mol. The molecule has 15 heavy (non-hydrogen) atoms. The van der Waals surface area contributed by atoms with E-state index in [2.05, 4.69) is 41.5 Å². The van der Waals surface area contributed by atoms with Gasteiger partial charge in [0.25, 0.3) is 0 Å². The van der Waals surface area contributed by atoms with Crippen molar-refractivity contribution in [3.05, 3.63) is 29.8 Å². The summed E-state index contributed by atoms with van der Waals surface area (Å²) in [5.41, 5.74) is 2.70. The lowest BCUT2D eigenvalue weighted by molar-refractivity contribution is -0.643. The van der Waals surface area contributed by atoms with Crippen LogP contribution in [0.5, 0.6) is 0 Å². The zero-order valence-corrected chi connectivity index (χ0v) is 9.28. The number of benzene rings is 1. The molecule has 0 unspecified atom stereocenters. The summed E-state index contributed by atoms with van der Waals surface area (Å²) >= 11 is 0. The summed E-state index contributed by atoms with van der Waals surface area (Å²) in [6.07, 6.45) is 0. The molecule has 0 radical (unpaired) electrons. The molecule has 0 atom stereocenters. The van der Waals surface area contributed by atoms with Crippen LogP contribution in [-0.2, 0) is 11.3 Å².